The van der Waals surface area contributed by atoms with Crippen molar-refractivity contribution in [3.63, 3.8) is 0 Å². The first-order chi connectivity index (χ1) is 15.5. The lowest BCUT2D eigenvalue weighted by Gasteiger charge is -2.32. The van der Waals surface area contributed by atoms with Crippen LogP contribution in [0, 0.1) is 11.7 Å². The molecule has 0 aliphatic carbocycles. The molecule has 0 radical (unpaired) electrons. The van der Waals surface area contributed by atoms with Crippen molar-refractivity contribution >= 4 is 23.4 Å². The van der Waals surface area contributed by atoms with Gasteiger partial charge in [-0.2, -0.15) is 0 Å². The van der Waals surface area contributed by atoms with Crippen LogP contribution in [-0.4, -0.2) is 49.4 Å². The van der Waals surface area contributed by atoms with Crippen molar-refractivity contribution in [2.24, 2.45) is 5.92 Å². The third-order valence-corrected chi connectivity index (χ3v) is 5.28. The van der Waals surface area contributed by atoms with Gasteiger partial charge in [0.1, 0.15) is 11.6 Å². The number of rotatable bonds is 7. The van der Waals surface area contributed by atoms with Crippen molar-refractivity contribution in [1.29, 1.82) is 0 Å². The van der Waals surface area contributed by atoms with Crippen molar-refractivity contribution in [2.45, 2.75) is 19.3 Å². The molecule has 1 aliphatic heterocycles. The van der Waals surface area contributed by atoms with Crippen LogP contribution in [0.2, 0.25) is 0 Å². The van der Waals surface area contributed by atoms with Gasteiger partial charge in [-0.3, -0.25) is 25.2 Å². The summed E-state index contributed by atoms with van der Waals surface area (Å²) in [6, 6.07) is 13.0. The van der Waals surface area contributed by atoms with Gasteiger partial charge in [0.25, 0.3) is 5.91 Å². The highest BCUT2D eigenvalue weighted by Crippen LogP contribution is 2.22. The van der Waals surface area contributed by atoms with Crippen molar-refractivity contribution in [3.05, 3.63) is 59.9 Å². The van der Waals surface area contributed by atoms with Gasteiger partial charge >= 0.3 is 0 Å². The van der Waals surface area contributed by atoms with E-state index in [1.807, 2.05) is 12.1 Å². The SMILES string of the molecule is COc1ccccc1NCC(=O)NNC(=O)C1CCCN(C(=O)Cc2ccc(F)cc2)C1. The van der Waals surface area contributed by atoms with Crippen LogP contribution in [0.1, 0.15) is 18.4 Å². The molecule has 1 unspecified atom stereocenters. The molecule has 3 rings (SSSR count). The lowest BCUT2D eigenvalue weighted by Crippen LogP contribution is -2.51. The van der Waals surface area contributed by atoms with Gasteiger partial charge in [0.2, 0.25) is 11.8 Å². The fourth-order valence-corrected chi connectivity index (χ4v) is 3.55. The Kier molecular flexibility index (Phi) is 8.02. The Morgan fingerprint density at radius 3 is 2.59 bits per heavy atom. The Morgan fingerprint density at radius 2 is 1.84 bits per heavy atom. The van der Waals surface area contributed by atoms with Gasteiger partial charge in [-0.05, 0) is 42.7 Å². The van der Waals surface area contributed by atoms with E-state index in [1.54, 1.807) is 36.3 Å². The summed E-state index contributed by atoms with van der Waals surface area (Å²) in [6.45, 7) is 0.799. The molecule has 0 spiro atoms. The molecule has 9 heteroatoms. The number of amides is 3. The fourth-order valence-electron chi connectivity index (χ4n) is 3.55. The van der Waals surface area contributed by atoms with E-state index in [0.717, 1.165) is 5.56 Å². The highest BCUT2D eigenvalue weighted by molar-refractivity contribution is 5.86. The Bertz CT molecular complexity index is 951. The van der Waals surface area contributed by atoms with Gasteiger partial charge in [-0.25, -0.2) is 4.39 Å². The minimum Gasteiger partial charge on any atom is -0.495 e. The van der Waals surface area contributed by atoms with E-state index < -0.39 is 11.8 Å². The van der Waals surface area contributed by atoms with Crippen LogP contribution < -0.4 is 20.9 Å². The molecule has 3 N–H and O–H groups in total. The van der Waals surface area contributed by atoms with E-state index in [9.17, 15) is 18.8 Å². The van der Waals surface area contributed by atoms with Crippen LogP contribution in [0.25, 0.3) is 0 Å². The summed E-state index contributed by atoms with van der Waals surface area (Å²) in [4.78, 5) is 38.8. The zero-order valence-corrected chi connectivity index (χ0v) is 17.9. The molecule has 170 valence electrons. The molecular formula is C23H27FN4O4. The van der Waals surface area contributed by atoms with Gasteiger partial charge in [0, 0.05) is 13.1 Å². The maximum atomic E-state index is 13.0. The topological polar surface area (TPSA) is 99.8 Å². The molecule has 0 aromatic heterocycles. The van der Waals surface area contributed by atoms with Crippen molar-refractivity contribution in [3.8, 4) is 5.75 Å². The number of benzene rings is 2. The van der Waals surface area contributed by atoms with Crippen LogP contribution >= 0.6 is 0 Å². The van der Waals surface area contributed by atoms with E-state index in [0.29, 0.717) is 30.8 Å². The second-order valence-corrected chi connectivity index (χ2v) is 7.57. The highest BCUT2D eigenvalue weighted by Gasteiger charge is 2.28. The lowest BCUT2D eigenvalue weighted by molar-refractivity contribution is -0.137. The molecular weight excluding hydrogens is 415 g/mol. The Balaban J connectivity index is 1.43. The van der Waals surface area contributed by atoms with E-state index in [1.165, 1.54) is 12.1 Å². The maximum Gasteiger partial charge on any atom is 0.257 e. The minimum atomic E-state index is -0.414. The summed E-state index contributed by atoms with van der Waals surface area (Å²) in [7, 11) is 1.54. The zero-order valence-electron chi connectivity index (χ0n) is 17.9. The number of carbonyl (C=O) groups excluding carboxylic acids is 3. The van der Waals surface area contributed by atoms with Gasteiger partial charge in [0.05, 0.1) is 31.7 Å². The number of hydrogen-bond acceptors (Lipinski definition) is 5. The number of nitrogens with one attached hydrogen (secondary N) is 3. The first-order valence-corrected chi connectivity index (χ1v) is 10.4. The van der Waals surface area contributed by atoms with Gasteiger partial charge in [-0.15, -0.1) is 0 Å². The summed E-state index contributed by atoms with van der Waals surface area (Å²) in [5, 5.41) is 2.95. The number of para-hydroxylation sites is 2. The number of methoxy groups -OCH3 is 1. The van der Waals surface area contributed by atoms with E-state index >= 15 is 0 Å². The van der Waals surface area contributed by atoms with Crippen LogP contribution in [0.15, 0.2) is 48.5 Å². The predicted octanol–water partition coefficient (Wildman–Crippen LogP) is 1.87. The Hall–Kier alpha value is -3.62. The van der Waals surface area contributed by atoms with Crippen LogP contribution in [0.3, 0.4) is 0 Å². The standard InChI is InChI=1S/C23H27FN4O4/c1-32-20-7-3-2-6-19(20)25-14-21(29)26-27-23(31)17-5-4-12-28(15-17)22(30)13-16-8-10-18(24)11-9-16/h2-3,6-11,17,25H,4-5,12-15H2,1H3,(H,26,29)(H,27,31). The molecule has 0 bridgehead atoms. The maximum absolute atomic E-state index is 13.0. The third kappa shape index (κ3) is 6.44. The third-order valence-electron chi connectivity index (χ3n) is 5.28. The Morgan fingerprint density at radius 1 is 1.09 bits per heavy atom. The fraction of sp³-hybridized carbons (Fsp3) is 0.348. The predicted molar refractivity (Wildman–Crippen MR) is 117 cm³/mol. The van der Waals surface area contributed by atoms with E-state index in [2.05, 4.69) is 16.2 Å². The minimum absolute atomic E-state index is 0.0480. The monoisotopic (exact) mass is 442 g/mol. The normalized spacial score (nSPS) is 15.6. The Labute approximate surface area is 186 Å². The second-order valence-electron chi connectivity index (χ2n) is 7.57. The smallest absolute Gasteiger partial charge is 0.257 e. The van der Waals surface area contributed by atoms with E-state index in [-0.39, 0.29) is 37.1 Å². The number of halogens is 1. The summed E-state index contributed by atoms with van der Waals surface area (Å²) >= 11 is 0. The number of ether oxygens (including phenoxy) is 1. The summed E-state index contributed by atoms with van der Waals surface area (Å²) < 4.78 is 18.3. The van der Waals surface area contributed by atoms with Gasteiger partial charge < -0.3 is 15.0 Å². The first kappa shape index (κ1) is 23.1. The highest BCUT2D eigenvalue weighted by atomic mass is 19.1. The summed E-state index contributed by atoms with van der Waals surface area (Å²) in [6.07, 6.45) is 1.47. The molecule has 1 heterocycles. The van der Waals surface area contributed by atoms with Gasteiger partial charge in [0.15, 0.2) is 0 Å². The van der Waals surface area contributed by atoms with Crippen LogP contribution in [-0.2, 0) is 20.8 Å². The molecule has 8 nitrogen and oxygen atoms in total. The molecule has 32 heavy (non-hydrogen) atoms. The van der Waals surface area contributed by atoms with Crippen molar-refractivity contribution < 1.29 is 23.5 Å². The molecule has 3 amide bonds. The van der Waals surface area contributed by atoms with Crippen molar-refractivity contribution in [2.75, 3.05) is 32.1 Å². The average molecular weight is 442 g/mol. The molecule has 1 atom stereocenters. The number of hydrogen-bond donors (Lipinski definition) is 3. The number of likely N-dealkylation sites (tertiary alicyclic amines) is 1. The summed E-state index contributed by atoms with van der Waals surface area (Å²) in [5.41, 5.74) is 6.22. The molecule has 0 saturated carbocycles. The van der Waals surface area contributed by atoms with Crippen LogP contribution in [0.4, 0.5) is 10.1 Å². The largest absolute Gasteiger partial charge is 0.495 e. The molecule has 1 aliphatic rings. The van der Waals surface area contributed by atoms with E-state index in [4.69, 9.17) is 4.74 Å². The number of nitrogens with zero attached hydrogens (tertiary/aromatic N) is 1. The quantitative estimate of drug-likeness (QED) is 0.569. The van der Waals surface area contributed by atoms with Gasteiger partial charge in [-0.1, -0.05) is 24.3 Å². The zero-order chi connectivity index (χ0) is 22.9. The van der Waals surface area contributed by atoms with Crippen LogP contribution in [0.5, 0.6) is 5.75 Å². The number of anilines is 1. The number of hydrazine groups is 1. The first-order valence-electron chi connectivity index (χ1n) is 10.4. The number of carbonyl (C=O) groups is 3. The molecule has 1 fully saturated rings. The summed E-state index contributed by atoms with van der Waals surface area (Å²) in [5.74, 6) is -1.02. The van der Waals surface area contributed by atoms with Crippen molar-refractivity contribution in [1.82, 2.24) is 15.8 Å². The molecule has 1 saturated heterocycles. The average Bonchev–Trinajstić information content (AvgIpc) is 2.82. The number of piperidine rings is 1. The second kappa shape index (κ2) is 11.1. The lowest BCUT2D eigenvalue weighted by atomic mass is 9.97. The molecule has 2 aromatic carbocycles. The molecule has 2 aromatic rings.